The van der Waals surface area contributed by atoms with E-state index in [1.54, 1.807) is 24.3 Å². The Kier molecular flexibility index (Phi) is 4.00. The van der Waals surface area contributed by atoms with Crippen molar-refractivity contribution in [3.8, 4) is 23.6 Å². The molecule has 0 saturated heterocycles. The second-order valence-corrected chi connectivity index (χ2v) is 4.28. The maximum Gasteiger partial charge on any atom is 0.150 e. The smallest absolute Gasteiger partial charge is 0.150 e. The molecule has 0 amide bonds. The van der Waals surface area contributed by atoms with Crippen LogP contribution >= 0.6 is 11.6 Å². The number of carbonyl (C=O) groups excluding carboxylic acids is 1. The Morgan fingerprint density at radius 3 is 2.35 bits per heavy atom. The molecule has 0 aliphatic carbocycles. The van der Waals surface area contributed by atoms with Gasteiger partial charge in [-0.25, -0.2) is 0 Å². The van der Waals surface area contributed by atoms with Crippen LogP contribution in [0.2, 0.25) is 5.02 Å². The first-order chi connectivity index (χ1) is 9.67. The van der Waals surface area contributed by atoms with Crippen LogP contribution in [-0.2, 0) is 0 Å². The Bertz CT molecular complexity index is 740. The summed E-state index contributed by atoms with van der Waals surface area (Å²) in [6, 6.07) is 13.1. The summed E-state index contributed by atoms with van der Waals surface area (Å²) in [6.07, 6.45) is 0.720. The van der Waals surface area contributed by atoms with Crippen LogP contribution in [0.5, 0.6) is 11.5 Å². The number of benzene rings is 2. The summed E-state index contributed by atoms with van der Waals surface area (Å²) >= 11 is 5.88. The van der Waals surface area contributed by atoms with Crippen LogP contribution in [0.3, 0.4) is 0 Å². The minimum atomic E-state index is 0.122. The Labute approximate surface area is 120 Å². The topological polar surface area (TPSA) is 73.9 Å². The van der Waals surface area contributed by atoms with Crippen molar-refractivity contribution < 1.29 is 9.53 Å². The minimum Gasteiger partial charge on any atom is -0.456 e. The highest BCUT2D eigenvalue weighted by molar-refractivity contribution is 6.30. The van der Waals surface area contributed by atoms with Crippen molar-refractivity contribution in [2.45, 2.75) is 0 Å². The van der Waals surface area contributed by atoms with Crippen molar-refractivity contribution >= 4 is 17.9 Å². The molecule has 0 saturated carbocycles. The van der Waals surface area contributed by atoms with E-state index in [0.717, 1.165) is 6.29 Å². The van der Waals surface area contributed by atoms with Gasteiger partial charge in [0.1, 0.15) is 35.5 Å². The molecule has 5 heteroatoms. The van der Waals surface area contributed by atoms with E-state index in [4.69, 9.17) is 26.9 Å². The van der Waals surface area contributed by atoms with E-state index in [1.807, 2.05) is 12.1 Å². The molecule has 0 unspecified atom stereocenters. The quantitative estimate of drug-likeness (QED) is 0.805. The average molecular weight is 283 g/mol. The van der Waals surface area contributed by atoms with Crippen LogP contribution in [0.15, 0.2) is 36.4 Å². The predicted molar refractivity (Wildman–Crippen MR) is 72.8 cm³/mol. The molecule has 0 N–H and O–H groups in total. The normalized spacial score (nSPS) is 9.35. The zero-order valence-corrected chi connectivity index (χ0v) is 10.9. The van der Waals surface area contributed by atoms with Crippen molar-refractivity contribution in [3.63, 3.8) is 0 Å². The van der Waals surface area contributed by atoms with Gasteiger partial charge < -0.3 is 4.74 Å². The van der Waals surface area contributed by atoms with Gasteiger partial charge in [0, 0.05) is 16.7 Å². The SMILES string of the molecule is N#Cc1cc(Cl)cc(Oc2ccc(C=O)cc2)c1C#N. The zero-order valence-electron chi connectivity index (χ0n) is 10.1. The first-order valence-electron chi connectivity index (χ1n) is 5.54. The second kappa shape index (κ2) is 5.88. The highest BCUT2D eigenvalue weighted by atomic mass is 35.5. The maximum absolute atomic E-state index is 10.6. The summed E-state index contributed by atoms with van der Waals surface area (Å²) in [5.41, 5.74) is 0.789. The molecule has 20 heavy (non-hydrogen) atoms. The van der Waals surface area contributed by atoms with Gasteiger partial charge in [-0.2, -0.15) is 10.5 Å². The van der Waals surface area contributed by atoms with Gasteiger partial charge in [0.25, 0.3) is 0 Å². The molecular formula is C15H7ClN2O2. The number of nitriles is 2. The van der Waals surface area contributed by atoms with Gasteiger partial charge in [-0.05, 0) is 30.3 Å². The van der Waals surface area contributed by atoms with Crippen LogP contribution in [0.25, 0.3) is 0 Å². The predicted octanol–water partition coefficient (Wildman–Crippen LogP) is 3.69. The Morgan fingerprint density at radius 1 is 1.10 bits per heavy atom. The monoisotopic (exact) mass is 282 g/mol. The van der Waals surface area contributed by atoms with Crippen molar-refractivity contribution in [2.75, 3.05) is 0 Å². The third kappa shape index (κ3) is 2.77. The zero-order chi connectivity index (χ0) is 14.5. The number of ether oxygens (including phenoxy) is 1. The molecule has 2 aromatic carbocycles. The number of nitrogens with zero attached hydrogens (tertiary/aromatic N) is 2. The lowest BCUT2D eigenvalue weighted by Gasteiger charge is -2.09. The molecule has 2 rings (SSSR count). The summed E-state index contributed by atoms with van der Waals surface area (Å²) in [5.74, 6) is 0.647. The fourth-order valence-electron chi connectivity index (χ4n) is 1.61. The van der Waals surface area contributed by atoms with Crippen molar-refractivity contribution in [3.05, 3.63) is 58.1 Å². The fourth-order valence-corrected chi connectivity index (χ4v) is 1.82. The van der Waals surface area contributed by atoms with Crippen molar-refractivity contribution in [2.24, 2.45) is 0 Å². The van der Waals surface area contributed by atoms with Crippen LogP contribution in [0, 0.1) is 22.7 Å². The number of carbonyl (C=O) groups is 1. The lowest BCUT2D eigenvalue weighted by molar-refractivity contribution is 0.112. The highest BCUT2D eigenvalue weighted by Gasteiger charge is 2.12. The van der Waals surface area contributed by atoms with Crippen LogP contribution in [-0.4, -0.2) is 6.29 Å². The summed E-state index contributed by atoms with van der Waals surface area (Å²) in [6.45, 7) is 0. The van der Waals surface area contributed by atoms with E-state index in [2.05, 4.69) is 0 Å². The molecular weight excluding hydrogens is 276 g/mol. The number of aldehydes is 1. The fraction of sp³-hybridized carbons (Fsp3) is 0. The summed E-state index contributed by atoms with van der Waals surface area (Å²) in [5, 5.41) is 18.4. The van der Waals surface area contributed by atoms with Crippen LogP contribution in [0.4, 0.5) is 0 Å². The first kappa shape index (κ1) is 13.6. The molecule has 0 radical (unpaired) electrons. The molecule has 0 aromatic heterocycles. The van der Waals surface area contributed by atoms with E-state index in [-0.39, 0.29) is 16.9 Å². The third-order valence-electron chi connectivity index (χ3n) is 2.54. The highest BCUT2D eigenvalue weighted by Crippen LogP contribution is 2.30. The second-order valence-electron chi connectivity index (χ2n) is 3.84. The summed E-state index contributed by atoms with van der Waals surface area (Å²) in [4.78, 5) is 10.6. The maximum atomic E-state index is 10.6. The third-order valence-corrected chi connectivity index (χ3v) is 2.76. The molecule has 0 bridgehead atoms. The van der Waals surface area contributed by atoms with Crippen molar-refractivity contribution in [1.82, 2.24) is 0 Å². The average Bonchev–Trinajstić information content (AvgIpc) is 2.47. The number of hydrogen-bond acceptors (Lipinski definition) is 4. The summed E-state index contributed by atoms with van der Waals surface area (Å²) in [7, 11) is 0. The van der Waals surface area contributed by atoms with Gasteiger partial charge in [-0.3, -0.25) is 4.79 Å². The minimum absolute atomic E-state index is 0.122. The van der Waals surface area contributed by atoms with Gasteiger partial charge in [0.15, 0.2) is 0 Å². The molecule has 0 atom stereocenters. The standard InChI is InChI=1S/C15H7ClN2O2/c16-12-5-11(7-17)14(8-18)15(6-12)20-13-3-1-10(9-19)2-4-13/h1-6,9H. The molecule has 4 nitrogen and oxygen atoms in total. The molecule has 2 aromatic rings. The van der Waals surface area contributed by atoms with E-state index in [0.29, 0.717) is 16.3 Å². The Morgan fingerprint density at radius 2 is 1.80 bits per heavy atom. The lowest BCUT2D eigenvalue weighted by atomic mass is 10.1. The van der Waals surface area contributed by atoms with E-state index in [1.165, 1.54) is 12.1 Å². The molecule has 0 fully saturated rings. The Balaban J connectivity index is 2.42. The van der Waals surface area contributed by atoms with Crippen LogP contribution in [0.1, 0.15) is 21.5 Å². The molecule has 0 heterocycles. The van der Waals surface area contributed by atoms with Gasteiger partial charge in [0.2, 0.25) is 0 Å². The molecule has 0 aliphatic rings. The largest absolute Gasteiger partial charge is 0.456 e. The van der Waals surface area contributed by atoms with Crippen LogP contribution < -0.4 is 4.74 Å². The van der Waals surface area contributed by atoms with Gasteiger partial charge in [-0.15, -0.1) is 0 Å². The molecule has 0 aliphatic heterocycles. The van der Waals surface area contributed by atoms with E-state index >= 15 is 0 Å². The molecule has 0 spiro atoms. The number of hydrogen-bond donors (Lipinski definition) is 0. The van der Waals surface area contributed by atoms with Gasteiger partial charge >= 0.3 is 0 Å². The number of halogens is 1. The van der Waals surface area contributed by atoms with Crippen molar-refractivity contribution in [1.29, 1.82) is 10.5 Å². The lowest BCUT2D eigenvalue weighted by Crippen LogP contribution is -1.92. The number of rotatable bonds is 3. The van der Waals surface area contributed by atoms with Gasteiger partial charge in [-0.1, -0.05) is 11.6 Å². The van der Waals surface area contributed by atoms with E-state index < -0.39 is 0 Å². The Hall–Kier alpha value is -2.82. The summed E-state index contributed by atoms with van der Waals surface area (Å²) < 4.78 is 5.55. The molecule has 96 valence electrons. The first-order valence-corrected chi connectivity index (χ1v) is 5.92. The van der Waals surface area contributed by atoms with Gasteiger partial charge in [0.05, 0.1) is 5.56 Å². The van der Waals surface area contributed by atoms with E-state index in [9.17, 15) is 4.79 Å².